The predicted octanol–water partition coefficient (Wildman–Crippen LogP) is 6.75. The molecule has 2 fully saturated rings. The van der Waals surface area contributed by atoms with E-state index in [4.69, 9.17) is 11.6 Å². The van der Waals surface area contributed by atoms with Crippen LogP contribution in [0.25, 0.3) is 0 Å². The molecule has 4 atom stereocenters. The maximum atomic E-state index is 14.7. The van der Waals surface area contributed by atoms with Gasteiger partial charge in [-0.1, -0.05) is 41.9 Å². The Morgan fingerprint density at radius 1 is 0.930 bits per heavy atom. The lowest BCUT2D eigenvalue weighted by molar-refractivity contribution is -0.136. The highest BCUT2D eigenvalue weighted by Gasteiger charge is 2.59. The first-order valence-corrected chi connectivity index (χ1v) is 16.5. The molecule has 0 spiro atoms. The number of nitrogens with one attached hydrogen (secondary N) is 2. The lowest BCUT2D eigenvalue weighted by Gasteiger charge is -2.36. The van der Waals surface area contributed by atoms with Crippen molar-refractivity contribution < 1.29 is 14.4 Å². The quantitative estimate of drug-likeness (QED) is 0.230. The second-order valence-electron chi connectivity index (χ2n) is 11.1. The summed E-state index contributed by atoms with van der Waals surface area (Å²) in [7, 11) is 0. The molecule has 0 bridgehead atoms. The number of rotatable bonds is 6. The van der Waals surface area contributed by atoms with Crippen molar-refractivity contribution in [1.82, 2.24) is 15.1 Å². The normalized spacial score (nSPS) is 22.0. The van der Waals surface area contributed by atoms with Crippen molar-refractivity contribution in [2.75, 3.05) is 31.5 Å². The number of hydrogen-bond donors (Lipinski definition) is 2. The molecule has 2 aromatic heterocycles. The van der Waals surface area contributed by atoms with Crippen molar-refractivity contribution in [1.29, 1.82) is 0 Å². The molecule has 0 saturated carbocycles. The molecule has 0 radical (unpaired) electrons. The second-order valence-corrected chi connectivity index (χ2v) is 13.4. The number of nitrogens with zero attached hydrogens (tertiary/aromatic N) is 2. The number of hydrogen-bond acceptors (Lipinski definition) is 6. The Bertz CT molecular complexity index is 1630. The highest BCUT2D eigenvalue weighted by molar-refractivity contribution is 7.10. The van der Waals surface area contributed by atoms with Crippen LogP contribution in [0.3, 0.4) is 0 Å². The molecule has 7 nitrogen and oxygen atoms in total. The molecular weight excluding hydrogens is 600 g/mol. The standard InChI is InChI=1S/C33H33ClN4O3S2/c1-20-6-3-9-24(18-20)36-33(41)38-28(31-21(2)11-17-43-31)27(30(39)22-7-4-8-23(34)19-22)26(25-10-5-16-42-25)29(38)32(40)37-14-12-35-13-15-37/h3-11,16-19,26-29,35H,12-15H2,1-2H3,(H,36,41). The fourth-order valence-electron chi connectivity index (χ4n) is 6.35. The van der Waals surface area contributed by atoms with Crippen LogP contribution in [-0.4, -0.2) is 59.7 Å². The molecule has 0 aliphatic carbocycles. The summed E-state index contributed by atoms with van der Waals surface area (Å²) in [5.74, 6) is -1.54. The number of benzene rings is 2. The highest BCUT2D eigenvalue weighted by atomic mass is 35.5. The van der Waals surface area contributed by atoms with E-state index in [1.165, 1.54) is 22.7 Å². The lowest BCUT2D eigenvalue weighted by atomic mass is 9.79. The molecule has 2 aromatic carbocycles. The van der Waals surface area contributed by atoms with Gasteiger partial charge in [0.2, 0.25) is 5.91 Å². The number of Topliss-reactive ketones (excluding diaryl/α,β-unsaturated/α-hetero) is 1. The zero-order valence-corrected chi connectivity index (χ0v) is 26.3. The molecule has 4 unspecified atom stereocenters. The third-order valence-electron chi connectivity index (χ3n) is 8.31. The van der Waals surface area contributed by atoms with E-state index >= 15 is 0 Å². The van der Waals surface area contributed by atoms with Crippen LogP contribution in [0.15, 0.2) is 77.5 Å². The van der Waals surface area contributed by atoms with E-state index in [0.29, 0.717) is 42.5 Å². The van der Waals surface area contributed by atoms with Gasteiger partial charge in [-0.2, -0.15) is 0 Å². The van der Waals surface area contributed by atoms with Crippen LogP contribution in [0.1, 0.15) is 43.2 Å². The summed E-state index contributed by atoms with van der Waals surface area (Å²) in [5, 5.41) is 10.8. The van der Waals surface area contributed by atoms with Crippen molar-refractivity contribution in [3.05, 3.63) is 109 Å². The summed E-state index contributed by atoms with van der Waals surface area (Å²) in [6.07, 6.45) is 0. The van der Waals surface area contributed by atoms with Crippen LogP contribution in [0.2, 0.25) is 5.02 Å². The predicted molar refractivity (Wildman–Crippen MR) is 173 cm³/mol. The van der Waals surface area contributed by atoms with Gasteiger partial charge in [0, 0.05) is 58.1 Å². The number of halogens is 1. The van der Waals surface area contributed by atoms with E-state index in [1.807, 2.05) is 72.0 Å². The Labute approximate surface area is 264 Å². The van der Waals surface area contributed by atoms with Crippen molar-refractivity contribution >= 4 is 57.7 Å². The number of piperazine rings is 1. The zero-order valence-electron chi connectivity index (χ0n) is 24.0. The molecule has 2 saturated heterocycles. The van der Waals surface area contributed by atoms with E-state index < -0.39 is 30.0 Å². The maximum absolute atomic E-state index is 14.7. The Balaban J connectivity index is 1.55. The smallest absolute Gasteiger partial charge is 0.323 e. The number of anilines is 1. The SMILES string of the molecule is Cc1cccc(NC(=O)N2C(C(=O)N3CCNCC3)C(c3cccs3)C(C(=O)c3cccc(Cl)c3)C2c2sccc2C)c1. The number of ketones is 1. The van der Waals surface area contributed by atoms with Gasteiger partial charge in [-0.3, -0.25) is 9.59 Å². The first-order chi connectivity index (χ1) is 20.8. The van der Waals surface area contributed by atoms with E-state index in [0.717, 1.165) is 20.9 Å². The Kier molecular flexibility index (Phi) is 8.68. The van der Waals surface area contributed by atoms with E-state index in [9.17, 15) is 14.4 Å². The fourth-order valence-corrected chi connectivity index (χ4v) is 8.52. The van der Waals surface area contributed by atoms with E-state index in [1.54, 1.807) is 29.2 Å². The third-order valence-corrected chi connectivity index (χ3v) is 10.6. The second kappa shape index (κ2) is 12.6. The molecule has 6 rings (SSSR count). The monoisotopic (exact) mass is 632 g/mol. The van der Waals surface area contributed by atoms with E-state index in [2.05, 4.69) is 10.6 Å². The van der Waals surface area contributed by atoms with E-state index in [-0.39, 0.29) is 11.7 Å². The number of amides is 3. The minimum atomic E-state index is -0.888. The fraction of sp³-hybridized carbons (Fsp3) is 0.303. The molecular formula is C33H33ClN4O3S2. The van der Waals surface area contributed by atoms with Crippen LogP contribution in [0.4, 0.5) is 10.5 Å². The van der Waals surface area contributed by atoms with Crippen LogP contribution < -0.4 is 10.6 Å². The number of aryl methyl sites for hydroxylation is 2. The van der Waals surface area contributed by atoms with Gasteiger partial charge in [-0.05, 0) is 72.1 Å². The number of carbonyl (C=O) groups excluding carboxylic acids is 3. The highest BCUT2D eigenvalue weighted by Crippen LogP contribution is 2.54. The topological polar surface area (TPSA) is 81.8 Å². The molecule has 2 aliphatic rings. The molecule has 2 aliphatic heterocycles. The summed E-state index contributed by atoms with van der Waals surface area (Å²) in [4.78, 5) is 49.2. The van der Waals surface area contributed by atoms with Crippen LogP contribution in [-0.2, 0) is 4.79 Å². The van der Waals surface area contributed by atoms with Gasteiger partial charge >= 0.3 is 6.03 Å². The molecule has 43 heavy (non-hydrogen) atoms. The summed E-state index contributed by atoms with van der Waals surface area (Å²) >= 11 is 9.39. The third kappa shape index (κ3) is 5.87. The molecule has 2 N–H and O–H groups in total. The minimum absolute atomic E-state index is 0.136. The Morgan fingerprint density at radius 3 is 2.40 bits per heavy atom. The minimum Gasteiger partial charge on any atom is -0.338 e. The van der Waals surface area contributed by atoms with Gasteiger partial charge in [0.15, 0.2) is 5.78 Å². The maximum Gasteiger partial charge on any atom is 0.323 e. The number of urea groups is 1. The molecule has 222 valence electrons. The van der Waals surface area contributed by atoms with Crippen molar-refractivity contribution in [2.45, 2.75) is 31.8 Å². The largest absolute Gasteiger partial charge is 0.338 e. The Morgan fingerprint density at radius 2 is 1.72 bits per heavy atom. The van der Waals surface area contributed by atoms with Gasteiger partial charge in [0.25, 0.3) is 0 Å². The van der Waals surface area contributed by atoms with Gasteiger partial charge in [-0.15, -0.1) is 22.7 Å². The summed E-state index contributed by atoms with van der Waals surface area (Å²) in [6, 6.07) is 18.5. The van der Waals surface area contributed by atoms with Gasteiger partial charge in [-0.25, -0.2) is 4.79 Å². The zero-order chi connectivity index (χ0) is 30.1. The summed E-state index contributed by atoms with van der Waals surface area (Å²) < 4.78 is 0. The lowest BCUT2D eigenvalue weighted by Crippen LogP contribution is -2.55. The molecule has 4 aromatic rings. The average Bonchev–Trinajstić information content (AvgIpc) is 3.75. The van der Waals surface area contributed by atoms with Crippen molar-refractivity contribution in [2.24, 2.45) is 5.92 Å². The number of carbonyl (C=O) groups is 3. The summed E-state index contributed by atoms with van der Waals surface area (Å²) in [5.41, 5.74) is 3.08. The summed E-state index contributed by atoms with van der Waals surface area (Å²) in [6.45, 7) is 6.39. The Hall–Kier alpha value is -3.50. The van der Waals surface area contributed by atoms with Crippen LogP contribution in [0.5, 0.6) is 0 Å². The van der Waals surface area contributed by atoms with Crippen LogP contribution >= 0.6 is 34.3 Å². The molecule has 3 amide bonds. The number of likely N-dealkylation sites (tertiary alicyclic amines) is 1. The first-order valence-electron chi connectivity index (χ1n) is 14.4. The van der Waals surface area contributed by atoms with Crippen molar-refractivity contribution in [3.63, 3.8) is 0 Å². The van der Waals surface area contributed by atoms with Crippen molar-refractivity contribution in [3.8, 4) is 0 Å². The van der Waals surface area contributed by atoms with Gasteiger partial charge in [0.1, 0.15) is 6.04 Å². The molecule has 4 heterocycles. The number of thiophene rings is 2. The van der Waals surface area contributed by atoms with Gasteiger partial charge < -0.3 is 20.4 Å². The molecule has 10 heteroatoms. The van der Waals surface area contributed by atoms with Crippen LogP contribution in [0, 0.1) is 19.8 Å². The van der Waals surface area contributed by atoms with Gasteiger partial charge in [0.05, 0.1) is 12.0 Å². The average molecular weight is 633 g/mol. The first kappa shape index (κ1) is 29.6.